The summed E-state index contributed by atoms with van der Waals surface area (Å²) in [5, 5.41) is 14.1. The van der Waals surface area contributed by atoms with Crippen LogP contribution in [0.2, 0.25) is 0 Å². The van der Waals surface area contributed by atoms with Crippen LogP contribution in [-0.4, -0.2) is 24.1 Å². The minimum absolute atomic E-state index is 0.338. The highest BCUT2D eigenvalue weighted by Crippen LogP contribution is 2.39. The first-order valence-corrected chi connectivity index (χ1v) is 6.90. The van der Waals surface area contributed by atoms with Gasteiger partial charge in [0.25, 0.3) is 0 Å². The number of aryl methyl sites for hydroxylation is 2. The van der Waals surface area contributed by atoms with Crippen molar-refractivity contribution in [3.63, 3.8) is 0 Å². The lowest BCUT2D eigenvalue weighted by Gasteiger charge is -2.25. The maximum Gasteiger partial charge on any atom is 0.231 e. The molecule has 5 nitrogen and oxygen atoms in total. The Balaban J connectivity index is 1.83. The monoisotopic (exact) mass is 286 g/mol. The minimum atomic E-state index is -1.24. The molecule has 0 unspecified atom stereocenters. The Kier molecular flexibility index (Phi) is 3.29. The lowest BCUT2D eigenvalue weighted by atomic mass is 9.82. The van der Waals surface area contributed by atoms with Crippen molar-refractivity contribution in [1.29, 1.82) is 0 Å². The Labute approximate surface area is 122 Å². The quantitative estimate of drug-likeness (QED) is 0.824. The molecular formula is C16H16NO4-. The Hall–Kier alpha value is -2.14. The standard InChI is InChI=1S/C16H17NO4/c1-8-3-4-9(2)10(7-8)17-15(18)13-11-5-6-12(21-11)14(13)16(19)20/h3-7,11-14H,1-2H3,(H,17,18)(H,19,20)/p-1/t11-,12+,13+,14-/m0/s1. The number of ether oxygens (including phenoxy) is 1. The Morgan fingerprint density at radius 1 is 1.14 bits per heavy atom. The van der Waals surface area contributed by atoms with Crippen LogP contribution in [0.5, 0.6) is 0 Å². The largest absolute Gasteiger partial charge is 0.550 e. The van der Waals surface area contributed by atoms with Crippen LogP contribution in [0, 0.1) is 25.7 Å². The van der Waals surface area contributed by atoms with Crippen LogP contribution in [-0.2, 0) is 14.3 Å². The van der Waals surface area contributed by atoms with Gasteiger partial charge in [-0.1, -0.05) is 24.3 Å². The SMILES string of the molecule is Cc1ccc(C)c(NC(=O)[C@H]2[C@@H](C(=O)[O-])[C@H]3C=C[C@@H]2O3)c1. The van der Waals surface area contributed by atoms with Gasteiger partial charge in [-0.3, -0.25) is 4.79 Å². The van der Waals surface area contributed by atoms with E-state index < -0.39 is 30.0 Å². The summed E-state index contributed by atoms with van der Waals surface area (Å²) in [5.74, 6) is -3.25. The second kappa shape index (κ2) is 5.00. The van der Waals surface area contributed by atoms with Crippen LogP contribution in [0.15, 0.2) is 30.4 Å². The van der Waals surface area contributed by atoms with E-state index in [9.17, 15) is 14.7 Å². The zero-order chi connectivity index (χ0) is 15.1. The second-order valence-electron chi connectivity index (χ2n) is 5.63. The molecule has 0 saturated carbocycles. The molecule has 0 radical (unpaired) electrons. The molecule has 1 fully saturated rings. The smallest absolute Gasteiger partial charge is 0.231 e. The number of nitrogens with one attached hydrogen (secondary N) is 1. The van der Waals surface area contributed by atoms with Gasteiger partial charge in [-0.25, -0.2) is 0 Å². The fourth-order valence-corrected chi connectivity index (χ4v) is 2.99. The second-order valence-corrected chi connectivity index (χ2v) is 5.63. The van der Waals surface area contributed by atoms with Crippen LogP contribution in [0.4, 0.5) is 5.69 Å². The van der Waals surface area contributed by atoms with Gasteiger partial charge in [0, 0.05) is 17.6 Å². The van der Waals surface area contributed by atoms with Crippen LogP contribution >= 0.6 is 0 Å². The van der Waals surface area contributed by atoms with E-state index in [-0.39, 0.29) is 5.91 Å². The molecule has 21 heavy (non-hydrogen) atoms. The topological polar surface area (TPSA) is 78.5 Å². The molecule has 5 heteroatoms. The van der Waals surface area contributed by atoms with Crippen LogP contribution in [0.3, 0.4) is 0 Å². The van der Waals surface area contributed by atoms with Crippen LogP contribution in [0.1, 0.15) is 11.1 Å². The third kappa shape index (κ3) is 2.34. The first-order valence-electron chi connectivity index (χ1n) is 6.90. The summed E-state index contributed by atoms with van der Waals surface area (Å²) >= 11 is 0. The van der Waals surface area contributed by atoms with E-state index >= 15 is 0 Å². The number of anilines is 1. The zero-order valence-electron chi connectivity index (χ0n) is 11.8. The third-order valence-electron chi connectivity index (χ3n) is 4.13. The third-order valence-corrected chi connectivity index (χ3v) is 4.13. The van der Waals surface area contributed by atoms with Crippen molar-refractivity contribution in [2.45, 2.75) is 26.1 Å². The fraction of sp³-hybridized carbons (Fsp3) is 0.375. The van der Waals surface area contributed by atoms with Crippen molar-refractivity contribution in [3.8, 4) is 0 Å². The summed E-state index contributed by atoms with van der Waals surface area (Å²) < 4.78 is 5.48. The maximum absolute atomic E-state index is 12.5. The fourth-order valence-electron chi connectivity index (χ4n) is 2.99. The summed E-state index contributed by atoms with van der Waals surface area (Å²) in [6.45, 7) is 3.82. The molecule has 2 heterocycles. The summed E-state index contributed by atoms with van der Waals surface area (Å²) in [7, 11) is 0. The number of carbonyl (C=O) groups is 2. The molecule has 4 atom stereocenters. The van der Waals surface area contributed by atoms with Gasteiger partial charge < -0.3 is 20.0 Å². The molecule has 2 aliphatic rings. The number of hydrogen-bond donors (Lipinski definition) is 1. The predicted octanol–water partition coefficient (Wildman–Crippen LogP) is 0.561. The van der Waals surface area contributed by atoms with E-state index in [4.69, 9.17) is 4.74 Å². The molecule has 1 N–H and O–H groups in total. The highest BCUT2D eigenvalue weighted by Gasteiger charge is 2.50. The summed E-state index contributed by atoms with van der Waals surface area (Å²) in [5.41, 5.74) is 2.65. The normalized spacial score (nSPS) is 29.6. The molecule has 1 saturated heterocycles. The Bertz CT molecular complexity index is 637. The van der Waals surface area contributed by atoms with Gasteiger partial charge in [0.2, 0.25) is 5.91 Å². The number of amides is 1. The molecule has 1 amide bonds. The van der Waals surface area contributed by atoms with Crippen molar-refractivity contribution in [2.24, 2.45) is 11.8 Å². The van der Waals surface area contributed by atoms with Crippen LogP contribution < -0.4 is 10.4 Å². The summed E-state index contributed by atoms with van der Waals surface area (Å²) in [4.78, 5) is 23.7. The number of carboxylic acid groups (broad SMARTS) is 1. The molecule has 2 aliphatic heterocycles. The molecule has 0 aromatic heterocycles. The number of hydrogen-bond acceptors (Lipinski definition) is 4. The zero-order valence-corrected chi connectivity index (χ0v) is 11.8. The first-order chi connectivity index (χ1) is 9.97. The highest BCUT2D eigenvalue weighted by atomic mass is 16.5. The van der Waals surface area contributed by atoms with E-state index in [1.807, 2.05) is 32.0 Å². The van der Waals surface area contributed by atoms with Crippen molar-refractivity contribution in [1.82, 2.24) is 0 Å². The minimum Gasteiger partial charge on any atom is -0.550 e. The van der Waals surface area contributed by atoms with Gasteiger partial charge in [-0.05, 0) is 31.0 Å². The number of benzene rings is 1. The molecule has 0 spiro atoms. The molecule has 1 aromatic rings. The Morgan fingerprint density at radius 2 is 1.81 bits per heavy atom. The van der Waals surface area contributed by atoms with Gasteiger partial charge in [-0.2, -0.15) is 0 Å². The van der Waals surface area contributed by atoms with Crippen LogP contribution in [0.25, 0.3) is 0 Å². The number of rotatable bonds is 3. The number of fused-ring (bicyclic) bond motifs is 2. The van der Waals surface area contributed by atoms with Gasteiger partial charge in [0.05, 0.1) is 18.1 Å². The lowest BCUT2D eigenvalue weighted by Crippen LogP contribution is -2.45. The van der Waals surface area contributed by atoms with E-state index in [1.165, 1.54) is 0 Å². The lowest BCUT2D eigenvalue weighted by molar-refractivity contribution is -0.313. The van der Waals surface area contributed by atoms with E-state index in [1.54, 1.807) is 12.2 Å². The van der Waals surface area contributed by atoms with Gasteiger partial charge >= 0.3 is 0 Å². The van der Waals surface area contributed by atoms with Gasteiger partial charge in [0.1, 0.15) is 0 Å². The van der Waals surface area contributed by atoms with Crippen molar-refractivity contribution in [2.75, 3.05) is 5.32 Å². The highest BCUT2D eigenvalue weighted by molar-refractivity contribution is 5.97. The molecule has 1 aromatic carbocycles. The predicted molar refractivity (Wildman–Crippen MR) is 74.3 cm³/mol. The Morgan fingerprint density at radius 3 is 2.48 bits per heavy atom. The molecule has 3 rings (SSSR count). The molecular weight excluding hydrogens is 270 g/mol. The van der Waals surface area contributed by atoms with Gasteiger partial charge in [0.15, 0.2) is 0 Å². The maximum atomic E-state index is 12.5. The first kappa shape index (κ1) is 13.8. The number of aliphatic carboxylic acids is 1. The number of carboxylic acids is 1. The van der Waals surface area contributed by atoms with Crippen molar-refractivity contribution < 1.29 is 19.4 Å². The summed E-state index contributed by atoms with van der Waals surface area (Å²) in [6.07, 6.45) is 2.39. The molecule has 2 bridgehead atoms. The van der Waals surface area contributed by atoms with Gasteiger partial charge in [-0.15, -0.1) is 0 Å². The number of carbonyl (C=O) groups excluding carboxylic acids is 2. The average molecular weight is 286 g/mol. The summed E-state index contributed by atoms with van der Waals surface area (Å²) in [6, 6.07) is 5.74. The van der Waals surface area contributed by atoms with Crippen molar-refractivity contribution >= 4 is 17.6 Å². The van der Waals surface area contributed by atoms with E-state index in [0.717, 1.165) is 11.1 Å². The van der Waals surface area contributed by atoms with E-state index in [0.29, 0.717) is 5.69 Å². The molecule has 110 valence electrons. The van der Waals surface area contributed by atoms with Crippen molar-refractivity contribution in [3.05, 3.63) is 41.5 Å². The average Bonchev–Trinajstić information content (AvgIpc) is 3.03. The molecule has 0 aliphatic carbocycles. The van der Waals surface area contributed by atoms with E-state index in [2.05, 4.69) is 5.32 Å².